The monoisotopic (exact) mass is 454 g/mol. The fourth-order valence-corrected chi connectivity index (χ4v) is 5.08. The van der Waals surface area contributed by atoms with Gasteiger partial charge >= 0.3 is 0 Å². The number of nitrogens with one attached hydrogen (secondary N) is 2. The van der Waals surface area contributed by atoms with E-state index in [1.54, 1.807) is 42.8 Å². The molecule has 3 aromatic rings. The van der Waals surface area contributed by atoms with Crippen LogP contribution in [-0.4, -0.2) is 30.3 Å². The molecular formula is C17H15ClN4O3S3. The van der Waals surface area contributed by atoms with E-state index in [1.807, 2.05) is 0 Å². The van der Waals surface area contributed by atoms with Crippen molar-refractivity contribution in [3.8, 4) is 0 Å². The van der Waals surface area contributed by atoms with Crippen LogP contribution in [0.1, 0.15) is 5.56 Å². The zero-order valence-electron chi connectivity index (χ0n) is 14.5. The predicted molar refractivity (Wildman–Crippen MR) is 113 cm³/mol. The minimum absolute atomic E-state index is 0.0713. The van der Waals surface area contributed by atoms with Gasteiger partial charge in [0.2, 0.25) is 5.91 Å². The highest BCUT2D eigenvalue weighted by atomic mass is 35.5. The zero-order valence-corrected chi connectivity index (χ0v) is 17.8. The summed E-state index contributed by atoms with van der Waals surface area (Å²) in [5.41, 5.74) is 2.88. The molecular weight excluding hydrogens is 440 g/mol. The predicted octanol–water partition coefficient (Wildman–Crippen LogP) is 4.03. The van der Waals surface area contributed by atoms with Crippen LogP contribution >= 0.6 is 34.7 Å². The number of aromatic nitrogens is 2. The van der Waals surface area contributed by atoms with Gasteiger partial charge in [0.05, 0.1) is 16.3 Å². The van der Waals surface area contributed by atoms with Crippen LogP contribution in [0.15, 0.2) is 57.2 Å². The second-order valence-corrected chi connectivity index (χ2v) is 9.78. The molecule has 146 valence electrons. The highest BCUT2D eigenvalue weighted by molar-refractivity contribution is 8.01. The summed E-state index contributed by atoms with van der Waals surface area (Å²) in [5.74, 6) is -0.124. The van der Waals surface area contributed by atoms with Crippen LogP contribution < -0.4 is 10.0 Å². The topological polar surface area (TPSA) is 101 Å². The first kappa shape index (κ1) is 20.6. The van der Waals surface area contributed by atoms with Gasteiger partial charge in [-0.3, -0.25) is 9.52 Å². The Morgan fingerprint density at radius 3 is 2.75 bits per heavy atom. The molecule has 2 N–H and O–H groups in total. The maximum Gasteiger partial charge on any atom is 0.262 e. The Balaban J connectivity index is 1.74. The molecule has 3 rings (SSSR count). The normalized spacial score (nSPS) is 11.2. The van der Waals surface area contributed by atoms with Crippen LogP contribution in [-0.2, 0) is 14.8 Å². The van der Waals surface area contributed by atoms with Crippen molar-refractivity contribution in [1.29, 1.82) is 0 Å². The molecule has 0 aliphatic rings. The lowest BCUT2D eigenvalue weighted by Gasteiger charge is -2.13. The molecule has 0 fully saturated rings. The van der Waals surface area contributed by atoms with Crippen molar-refractivity contribution < 1.29 is 13.2 Å². The Kier molecular flexibility index (Phi) is 6.55. The summed E-state index contributed by atoms with van der Waals surface area (Å²) in [4.78, 5) is 12.2. The van der Waals surface area contributed by atoms with Crippen molar-refractivity contribution in [2.24, 2.45) is 0 Å². The molecule has 2 aromatic carbocycles. The first-order valence-electron chi connectivity index (χ1n) is 7.91. The number of hydrogen-bond donors (Lipinski definition) is 2. The number of halogens is 1. The zero-order chi connectivity index (χ0) is 20.1. The second kappa shape index (κ2) is 8.91. The number of amides is 1. The largest absolute Gasteiger partial charge is 0.325 e. The minimum Gasteiger partial charge on any atom is -0.325 e. The molecule has 0 radical (unpaired) electrons. The summed E-state index contributed by atoms with van der Waals surface area (Å²) >= 11 is 8.51. The summed E-state index contributed by atoms with van der Waals surface area (Å²) in [6.07, 6.45) is 0. The van der Waals surface area contributed by atoms with Crippen molar-refractivity contribution in [2.75, 3.05) is 15.8 Å². The second-order valence-electron chi connectivity index (χ2n) is 5.64. The molecule has 7 nitrogen and oxygen atoms in total. The highest BCUT2D eigenvalue weighted by Gasteiger charge is 2.18. The van der Waals surface area contributed by atoms with E-state index in [4.69, 9.17) is 11.6 Å². The lowest BCUT2D eigenvalue weighted by Crippen LogP contribution is -2.17. The number of hydrogen-bond acceptors (Lipinski definition) is 7. The molecule has 0 saturated heterocycles. The summed E-state index contributed by atoms with van der Waals surface area (Å²) in [5, 5.41) is 10.7. The number of rotatable bonds is 7. The number of anilines is 2. The van der Waals surface area contributed by atoms with Gasteiger partial charge in [-0.05, 0) is 42.8 Å². The van der Waals surface area contributed by atoms with Crippen LogP contribution in [0, 0.1) is 6.92 Å². The Morgan fingerprint density at radius 2 is 2.04 bits per heavy atom. The molecule has 28 heavy (non-hydrogen) atoms. The van der Waals surface area contributed by atoms with E-state index >= 15 is 0 Å². The molecule has 0 spiro atoms. The first-order chi connectivity index (χ1) is 13.3. The number of aryl methyl sites for hydroxylation is 1. The molecule has 1 heterocycles. The molecule has 0 aliphatic carbocycles. The van der Waals surface area contributed by atoms with Gasteiger partial charge in [0.25, 0.3) is 10.0 Å². The van der Waals surface area contributed by atoms with Gasteiger partial charge in [0.1, 0.15) is 5.51 Å². The maximum atomic E-state index is 12.8. The number of nitrogens with zero attached hydrogens (tertiary/aromatic N) is 2. The van der Waals surface area contributed by atoms with Gasteiger partial charge in [-0.2, -0.15) is 0 Å². The van der Waals surface area contributed by atoms with E-state index in [2.05, 4.69) is 20.2 Å². The van der Waals surface area contributed by atoms with E-state index in [9.17, 15) is 13.2 Å². The summed E-state index contributed by atoms with van der Waals surface area (Å²) in [6, 6.07) is 11.1. The number of benzene rings is 2. The Hall–Kier alpha value is -2.14. The number of carbonyl (C=O) groups is 1. The van der Waals surface area contributed by atoms with Crippen LogP contribution in [0.3, 0.4) is 0 Å². The standard InChI is InChI=1S/C17H15ClN4O3S3/c1-11-5-6-13(20-16(23)9-26-17-21-19-10-27-17)8-15(11)28(24,25)22-14-4-2-3-12(18)7-14/h2-8,10,22H,9H2,1H3,(H,20,23). The van der Waals surface area contributed by atoms with E-state index in [-0.39, 0.29) is 16.6 Å². The third-order valence-electron chi connectivity index (χ3n) is 3.51. The van der Waals surface area contributed by atoms with Crippen molar-refractivity contribution in [1.82, 2.24) is 10.2 Å². The van der Waals surface area contributed by atoms with Crippen LogP contribution in [0.4, 0.5) is 11.4 Å². The number of carbonyl (C=O) groups excluding carboxylic acids is 1. The third kappa shape index (κ3) is 5.44. The smallest absolute Gasteiger partial charge is 0.262 e. The van der Waals surface area contributed by atoms with Crippen molar-refractivity contribution in [2.45, 2.75) is 16.2 Å². The summed E-state index contributed by atoms with van der Waals surface area (Å²) in [6.45, 7) is 1.68. The van der Waals surface area contributed by atoms with E-state index < -0.39 is 10.0 Å². The number of thioether (sulfide) groups is 1. The first-order valence-corrected chi connectivity index (χ1v) is 11.6. The minimum atomic E-state index is -3.85. The number of sulfonamides is 1. The van der Waals surface area contributed by atoms with Crippen molar-refractivity contribution >= 4 is 62.0 Å². The van der Waals surface area contributed by atoms with Crippen LogP contribution in [0.5, 0.6) is 0 Å². The van der Waals surface area contributed by atoms with E-state index in [1.165, 1.54) is 35.2 Å². The van der Waals surface area contributed by atoms with Gasteiger partial charge in [0, 0.05) is 10.7 Å². The molecule has 0 saturated carbocycles. The summed E-state index contributed by atoms with van der Waals surface area (Å²) < 4.78 is 28.7. The van der Waals surface area contributed by atoms with E-state index in [0.29, 0.717) is 26.3 Å². The maximum absolute atomic E-state index is 12.8. The molecule has 0 unspecified atom stereocenters. The van der Waals surface area contributed by atoms with Crippen LogP contribution in [0.25, 0.3) is 0 Å². The molecule has 11 heteroatoms. The molecule has 0 atom stereocenters. The van der Waals surface area contributed by atoms with Crippen molar-refractivity contribution in [3.05, 3.63) is 58.6 Å². The Labute approximate surface area is 175 Å². The molecule has 1 amide bonds. The third-order valence-corrected chi connectivity index (χ3v) is 7.12. The van der Waals surface area contributed by atoms with E-state index in [0.717, 1.165) is 0 Å². The highest BCUT2D eigenvalue weighted by Crippen LogP contribution is 2.25. The van der Waals surface area contributed by atoms with Crippen molar-refractivity contribution in [3.63, 3.8) is 0 Å². The fourth-order valence-electron chi connectivity index (χ4n) is 2.28. The average molecular weight is 455 g/mol. The molecule has 0 aliphatic heterocycles. The average Bonchev–Trinajstić information content (AvgIpc) is 3.15. The Bertz CT molecular complexity index is 1090. The fraction of sp³-hybridized carbons (Fsp3) is 0.118. The van der Waals surface area contributed by atoms with Gasteiger partial charge in [0.15, 0.2) is 4.34 Å². The lowest BCUT2D eigenvalue weighted by atomic mass is 10.2. The SMILES string of the molecule is Cc1ccc(NC(=O)CSc2nncs2)cc1S(=O)(=O)Nc1cccc(Cl)c1. The molecule has 1 aromatic heterocycles. The summed E-state index contributed by atoms with van der Waals surface area (Å²) in [7, 11) is -3.85. The lowest BCUT2D eigenvalue weighted by molar-refractivity contribution is -0.113. The molecule has 0 bridgehead atoms. The van der Waals surface area contributed by atoms with Gasteiger partial charge in [-0.1, -0.05) is 46.8 Å². The van der Waals surface area contributed by atoms with Gasteiger partial charge in [-0.15, -0.1) is 10.2 Å². The van der Waals surface area contributed by atoms with Crippen LogP contribution in [0.2, 0.25) is 5.02 Å². The Morgan fingerprint density at radius 1 is 1.21 bits per heavy atom. The van der Waals surface area contributed by atoms with Gasteiger partial charge in [-0.25, -0.2) is 8.42 Å². The quantitative estimate of drug-likeness (QED) is 0.522. The van der Waals surface area contributed by atoms with Gasteiger partial charge < -0.3 is 5.32 Å².